The van der Waals surface area contributed by atoms with Crippen LogP contribution in [0.5, 0.6) is 0 Å². The average Bonchev–Trinajstić information content (AvgIpc) is 2.76. The molecule has 0 fully saturated rings. The first kappa shape index (κ1) is 22.7. The maximum absolute atomic E-state index is 13.5. The average molecular weight is 408 g/mol. The quantitative estimate of drug-likeness (QED) is 0.256. The highest BCUT2D eigenvalue weighted by molar-refractivity contribution is 6.06. The van der Waals surface area contributed by atoms with Crippen LogP contribution in [0, 0.1) is 0 Å². The van der Waals surface area contributed by atoms with Crippen LogP contribution in [0.4, 0.5) is 0 Å². The van der Waals surface area contributed by atoms with Crippen molar-refractivity contribution in [2.75, 3.05) is 13.2 Å². The van der Waals surface area contributed by atoms with Crippen molar-refractivity contribution in [3.05, 3.63) is 76.9 Å². The lowest BCUT2D eigenvalue weighted by Crippen LogP contribution is -2.20. The first-order valence-corrected chi connectivity index (χ1v) is 9.69. The van der Waals surface area contributed by atoms with Gasteiger partial charge in [-0.15, -0.1) is 0 Å². The van der Waals surface area contributed by atoms with Crippen molar-refractivity contribution in [2.45, 2.75) is 26.2 Å². The van der Waals surface area contributed by atoms with Crippen molar-refractivity contribution in [1.82, 2.24) is 0 Å². The van der Waals surface area contributed by atoms with Gasteiger partial charge in [0.05, 0.1) is 25.6 Å². The summed E-state index contributed by atoms with van der Waals surface area (Å²) in [5.74, 6) is -2.30. The van der Waals surface area contributed by atoms with Gasteiger partial charge < -0.3 is 9.47 Å². The summed E-state index contributed by atoms with van der Waals surface area (Å²) in [5.41, 5.74) is 1.62. The molecule has 0 bridgehead atoms. The smallest absolute Gasteiger partial charge is 0.330 e. The number of hydrogen-bond donors (Lipinski definition) is 0. The predicted molar refractivity (Wildman–Crippen MR) is 112 cm³/mol. The number of Topliss-reactive ketones (excluding diaryl/α,β-unsaturated/α-hetero) is 1. The van der Waals surface area contributed by atoms with Gasteiger partial charge in [-0.1, -0.05) is 48.5 Å². The summed E-state index contributed by atoms with van der Waals surface area (Å²) in [6.45, 7) is 3.82. The number of benzene rings is 2. The third-order valence-electron chi connectivity index (χ3n) is 4.40. The molecule has 6 nitrogen and oxygen atoms in total. The molecule has 156 valence electrons. The number of rotatable bonds is 10. The highest BCUT2D eigenvalue weighted by Gasteiger charge is 2.28. The third-order valence-corrected chi connectivity index (χ3v) is 4.40. The number of carbonyl (C=O) groups is 4. The number of aldehydes is 1. The molecule has 6 heteroatoms. The lowest BCUT2D eigenvalue weighted by atomic mass is 9.84. The normalized spacial score (nSPS) is 11.7. The first-order valence-electron chi connectivity index (χ1n) is 9.69. The second-order valence-electron chi connectivity index (χ2n) is 6.35. The number of ketones is 1. The molecule has 1 atom stereocenters. The van der Waals surface area contributed by atoms with Gasteiger partial charge in [0.15, 0.2) is 5.78 Å². The van der Waals surface area contributed by atoms with Crippen molar-refractivity contribution in [2.24, 2.45) is 0 Å². The van der Waals surface area contributed by atoms with Crippen LogP contribution < -0.4 is 0 Å². The Bertz CT molecular complexity index is 944. The summed E-state index contributed by atoms with van der Waals surface area (Å²) >= 11 is 0. The summed E-state index contributed by atoms with van der Waals surface area (Å²) in [7, 11) is 0. The largest absolute Gasteiger partial charge is 0.466 e. The molecule has 2 rings (SSSR count). The Morgan fingerprint density at radius 1 is 0.900 bits per heavy atom. The van der Waals surface area contributed by atoms with Gasteiger partial charge in [0.25, 0.3) is 0 Å². The molecule has 2 aromatic carbocycles. The van der Waals surface area contributed by atoms with Gasteiger partial charge >= 0.3 is 11.9 Å². The molecule has 0 aliphatic rings. The van der Waals surface area contributed by atoms with E-state index in [0.29, 0.717) is 28.5 Å². The number of carbonyl (C=O) groups excluding carboxylic acids is 4. The number of ether oxygens (including phenoxy) is 2. The molecule has 0 saturated carbocycles. The van der Waals surface area contributed by atoms with Crippen LogP contribution in [0.1, 0.15) is 58.0 Å². The lowest BCUT2D eigenvalue weighted by molar-refractivity contribution is -0.143. The minimum atomic E-state index is -0.900. The zero-order valence-electron chi connectivity index (χ0n) is 17.0. The minimum Gasteiger partial charge on any atom is -0.466 e. The van der Waals surface area contributed by atoms with E-state index < -0.39 is 17.9 Å². The van der Waals surface area contributed by atoms with Crippen LogP contribution in [-0.4, -0.2) is 37.2 Å². The van der Waals surface area contributed by atoms with E-state index in [1.54, 1.807) is 62.4 Å². The molecule has 0 aliphatic heterocycles. The summed E-state index contributed by atoms with van der Waals surface area (Å²) in [5, 5.41) is 0. The highest BCUT2D eigenvalue weighted by atomic mass is 16.5. The zero-order valence-corrected chi connectivity index (χ0v) is 17.0. The number of hydrogen-bond acceptors (Lipinski definition) is 6. The van der Waals surface area contributed by atoms with E-state index in [9.17, 15) is 19.2 Å². The Balaban J connectivity index is 2.47. The van der Waals surface area contributed by atoms with Crippen molar-refractivity contribution in [1.29, 1.82) is 0 Å². The third kappa shape index (κ3) is 5.98. The van der Waals surface area contributed by atoms with Crippen molar-refractivity contribution < 1.29 is 28.7 Å². The first-order chi connectivity index (χ1) is 14.5. The molecule has 30 heavy (non-hydrogen) atoms. The van der Waals surface area contributed by atoms with E-state index in [1.165, 1.54) is 12.2 Å². The lowest BCUT2D eigenvalue weighted by Gasteiger charge is -2.18. The SMILES string of the molecule is CCOC(=O)/C=C/c1ccccc1C(=O)C(CC(=O)OCC)c1ccccc1C=O. The summed E-state index contributed by atoms with van der Waals surface area (Å²) in [6, 6.07) is 13.4. The Morgan fingerprint density at radius 2 is 1.53 bits per heavy atom. The fraction of sp³-hybridized carbons (Fsp3) is 0.250. The molecule has 0 aromatic heterocycles. The minimum absolute atomic E-state index is 0.188. The van der Waals surface area contributed by atoms with Crippen molar-refractivity contribution >= 4 is 30.1 Å². The van der Waals surface area contributed by atoms with Crippen LogP contribution in [-0.2, 0) is 19.1 Å². The monoisotopic (exact) mass is 408 g/mol. The van der Waals surface area contributed by atoms with Gasteiger partial charge in [-0.3, -0.25) is 14.4 Å². The standard InChI is InChI=1S/C24H24O6/c1-3-29-22(26)14-13-17-9-5-8-12-20(17)24(28)21(15-23(27)30-4-2)19-11-7-6-10-18(19)16-25/h5-14,16,21H,3-4,15H2,1-2H3/b14-13+. The Labute approximate surface area is 175 Å². The van der Waals surface area contributed by atoms with E-state index in [-0.39, 0.29) is 25.4 Å². The van der Waals surface area contributed by atoms with Crippen molar-refractivity contribution in [3.8, 4) is 0 Å². The van der Waals surface area contributed by atoms with E-state index in [0.717, 1.165) is 0 Å². The molecule has 0 radical (unpaired) electrons. The number of esters is 2. The fourth-order valence-electron chi connectivity index (χ4n) is 3.07. The van der Waals surface area contributed by atoms with E-state index in [2.05, 4.69) is 0 Å². The molecule has 0 N–H and O–H groups in total. The summed E-state index contributed by atoms with van der Waals surface area (Å²) in [4.78, 5) is 48.8. The maximum atomic E-state index is 13.5. The molecule has 0 amide bonds. The van der Waals surface area contributed by atoms with Gasteiger partial charge in [-0.25, -0.2) is 4.79 Å². The molecule has 2 aromatic rings. The van der Waals surface area contributed by atoms with Crippen LogP contribution in [0.25, 0.3) is 6.08 Å². The Kier molecular flexibility index (Phi) is 8.69. The Hall–Kier alpha value is -3.54. The second-order valence-corrected chi connectivity index (χ2v) is 6.35. The van der Waals surface area contributed by atoms with E-state index in [1.807, 2.05) is 0 Å². The molecule has 1 unspecified atom stereocenters. The molecular weight excluding hydrogens is 384 g/mol. The molecular formula is C24H24O6. The van der Waals surface area contributed by atoms with E-state index >= 15 is 0 Å². The molecule has 0 heterocycles. The van der Waals surface area contributed by atoms with Gasteiger partial charge in [0, 0.05) is 17.2 Å². The molecule has 0 spiro atoms. The van der Waals surface area contributed by atoms with Crippen LogP contribution in [0.3, 0.4) is 0 Å². The Morgan fingerprint density at radius 3 is 2.20 bits per heavy atom. The van der Waals surface area contributed by atoms with E-state index in [4.69, 9.17) is 9.47 Å². The molecule has 0 saturated heterocycles. The van der Waals surface area contributed by atoms with Crippen molar-refractivity contribution in [3.63, 3.8) is 0 Å². The van der Waals surface area contributed by atoms with Gasteiger partial charge in [-0.05, 0) is 31.1 Å². The summed E-state index contributed by atoms with van der Waals surface area (Å²) in [6.07, 6.45) is 3.20. The molecule has 0 aliphatic carbocycles. The van der Waals surface area contributed by atoms with Gasteiger partial charge in [0.2, 0.25) is 0 Å². The zero-order chi connectivity index (χ0) is 21.9. The fourth-order valence-corrected chi connectivity index (χ4v) is 3.07. The van der Waals surface area contributed by atoms with Crippen LogP contribution in [0.2, 0.25) is 0 Å². The highest BCUT2D eigenvalue weighted by Crippen LogP contribution is 2.29. The van der Waals surface area contributed by atoms with Crippen LogP contribution >= 0.6 is 0 Å². The van der Waals surface area contributed by atoms with Gasteiger partial charge in [0.1, 0.15) is 6.29 Å². The van der Waals surface area contributed by atoms with Crippen LogP contribution in [0.15, 0.2) is 54.6 Å². The predicted octanol–water partition coefficient (Wildman–Crippen LogP) is 4.00. The summed E-state index contributed by atoms with van der Waals surface area (Å²) < 4.78 is 9.91. The van der Waals surface area contributed by atoms with Gasteiger partial charge in [-0.2, -0.15) is 0 Å². The topological polar surface area (TPSA) is 86.7 Å². The second kappa shape index (κ2) is 11.5. The maximum Gasteiger partial charge on any atom is 0.330 e.